The molecule has 1 aromatic rings. The molecule has 4 heteroatoms. The van der Waals surface area contributed by atoms with Gasteiger partial charge in [0.1, 0.15) is 0 Å². The van der Waals surface area contributed by atoms with Crippen LogP contribution in [0.1, 0.15) is 44.6 Å². The SMILES string of the molecule is CCC1(CO)CCN(CC(=O)N(Cc2ccccc2)C2CC2)CC1. The lowest BCUT2D eigenvalue weighted by Crippen LogP contribution is -2.47. The van der Waals surface area contributed by atoms with E-state index in [1.54, 1.807) is 0 Å². The molecule has 1 aliphatic heterocycles. The van der Waals surface area contributed by atoms with Crippen molar-refractivity contribution in [3.05, 3.63) is 35.9 Å². The van der Waals surface area contributed by atoms with Crippen molar-refractivity contribution in [2.75, 3.05) is 26.2 Å². The third kappa shape index (κ3) is 4.17. The number of rotatable bonds is 7. The summed E-state index contributed by atoms with van der Waals surface area (Å²) in [5, 5.41) is 9.65. The molecule has 132 valence electrons. The lowest BCUT2D eigenvalue weighted by Gasteiger charge is -2.40. The summed E-state index contributed by atoms with van der Waals surface area (Å²) in [6.45, 7) is 5.52. The van der Waals surface area contributed by atoms with Crippen LogP contribution in [-0.4, -0.2) is 53.1 Å². The molecule has 2 fully saturated rings. The van der Waals surface area contributed by atoms with E-state index in [2.05, 4.69) is 28.9 Å². The molecule has 3 rings (SSSR count). The second-order valence-corrected chi connectivity index (χ2v) is 7.53. The van der Waals surface area contributed by atoms with Crippen molar-refractivity contribution >= 4 is 5.91 Å². The highest BCUT2D eigenvalue weighted by molar-refractivity contribution is 5.79. The van der Waals surface area contributed by atoms with Crippen molar-refractivity contribution in [3.8, 4) is 0 Å². The molecule has 0 unspecified atom stereocenters. The van der Waals surface area contributed by atoms with Crippen molar-refractivity contribution in [2.24, 2.45) is 5.41 Å². The number of aliphatic hydroxyl groups is 1. The van der Waals surface area contributed by atoms with Crippen LogP contribution in [0, 0.1) is 5.41 Å². The zero-order valence-electron chi connectivity index (χ0n) is 14.8. The summed E-state index contributed by atoms with van der Waals surface area (Å²) in [5.74, 6) is 0.259. The van der Waals surface area contributed by atoms with Crippen LogP contribution in [0.4, 0.5) is 0 Å². The molecule has 0 radical (unpaired) electrons. The van der Waals surface area contributed by atoms with E-state index in [0.717, 1.165) is 51.7 Å². The van der Waals surface area contributed by atoms with Crippen molar-refractivity contribution in [2.45, 2.75) is 51.6 Å². The highest BCUT2D eigenvalue weighted by Crippen LogP contribution is 2.34. The van der Waals surface area contributed by atoms with Gasteiger partial charge >= 0.3 is 0 Å². The van der Waals surface area contributed by atoms with E-state index in [-0.39, 0.29) is 17.9 Å². The van der Waals surface area contributed by atoms with E-state index in [9.17, 15) is 9.90 Å². The zero-order chi connectivity index (χ0) is 17.0. The number of likely N-dealkylation sites (tertiary alicyclic amines) is 1. The molecule has 1 heterocycles. The maximum atomic E-state index is 12.8. The van der Waals surface area contributed by atoms with E-state index in [0.29, 0.717) is 12.6 Å². The van der Waals surface area contributed by atoms with Crippen molar-refractivity contribution in [1.82, 2.24) is 9.80 Å². The Kier molecular flexibility index (Phi) is 5.57. The fraction of sp³-hybridized carbons (Fsp3) is 0.650. The summed E-state index contributed by atoms with van der Waals surface area (Å²) in [7, 11) is 0. The number of carbonyl (C=O) groups is 1. The molecule has 1 aromatic carbocycles. The van der Waals surface area contributed by atoms with Crippen molar-refractivity contribution in [3.63, 3.8) is 0 Å². The van der Waals surface area contributed by atoms with Crippen molar-refractivity contribution < 1.29 is 9.90 Å². The minimum absolute atomic E-state index is 0.0831. The van der Waals surface area contributed by atoms with Gasteiger partial charge in [0.25, 0.3) is 0 Å². The van der Waals surface area contributed by atoms with Crippen LogP contribution in [0.5, 0.6) is 0 Å². The lowest BCUT2D eigenvalue weighted by atomic mass is 9.77. The van der Waals surface area contributed by atoms with Gasteiger partial charge in [0.15, 0.2) is 0 Å². The van der Waals surface area contributed by atoms with Crippen LogP contribution in [0.2, 0.25) is 0 Å². The Morgan fingerprint density at radius 1 is 1.25 bits per heavy atom. The average Bonchev–Trinajstić information content (AvgIpc) is 3.46. The van der Waals surface area contributed by atoms with Gasteiger partial charge in [-0.3, -0.25) is 9.69 Å². The number of aliphatic hydroxyl groups excluding tert-OH is 1. The second kappa shape index (κ2) is 7.66. The monoisotopic (exact) mass is 330 g/mol. The van der Waals surface area contributed by atoms with Crippen LogP contribution < -0.4 is 0 Å². The lowest BCUT2D eigenvalue weighted by molar-refractivity contribution is -0.134. The van der Waals surface area contributed by atoms with Gasteiger partial charge in [-0.25, -0.2) is 0 Å². The van der Waals surface area contributed by atoms with Crippen LogP contribution in [0.3, 0.4) is 0 Å². The van der Waals surface area contributed by atoms with Gasteiger partial charge < -0.3 is 10.0 Å². The van der Waals surface area contributed by atoms with Gasteiger partial charge in [-0.2, -0.15) is 0 Å². The molecule has 4 nitrogen and oxygen atoms in total. The summed E-state index contributed by atoms with van der Waals surface area (Å²) < 4.78 is 0. The van der Waals surface area contributed by atoms with E-state index >= 15 is 0 Å². The number of amides is 1. The standard InChI is InChI=1S/C20H30N2O2/c1-2-20(16-23)10-12-21(13-11-20)15-19(24)22(18-8-9-18)14-17-6-4-3-5-7-17/h3-7,18,23H,2,8-16H2,1H3. The molecule has 1 amide bonds. The second-order valence-electron chi connectivity index (χ2n) is 7.53. The quantitative estimate of drug-likeness (QED) is 0.836. The molecule has 0 bridgehead atoms. The molecule has 0 atom stereocenters. The van der Waals surface area contributed by atoms with Crippen LogP contribution in [0.15, 0.2) is 30.3 Å². The highest BCUT2D eigenvalue weighted by atomic mass is 16.3. The smallest absolute Gasteiger partial charge is 0.237 e. The van der Waals surface area contributed by atoms with Crippen LogP contribution in [0.25, 0.3) is 0 Å². The third-order valence-electron chi connectivity index (χ3n) is 5.86. The fourth-order valence-electron chi connectivity index (χ4n) is 3.68. The molecule has 1 N–H and O–H groups in total. The fourth-order valence-corrected chi connectivity index (χ4v) is 3.68. The molecule has 0 aromatic heterocycles. The van der Waals surface area contributed by atoms with Gasteiger partial charge in [-0.1, -0.05) is 37.3 Å². The predicted octanol–water partition coefficient (Wildman–Crippen LogP) is 2.66. The number of benzene rings is 1. The summed E-state index contributed by atoms with van der Waals surface area (Å²) >= 11 is 0. The Hall–Kier alpha value is -1.39. The Morgan fingerprint density at radius 2 is 1.92 bits per heavy atom. The van der Waals surface area contributed by atoms with Gasteiger partial charge in [-0.15, -0.1) is 0 Å². The Labute approximate surface area is 145 Å². The Bertz CT molecular complexity index is 528. The number of nitrogens with zero attached hydrogens (tertiary/aromatic N) is 2. The molecule has 24 heavy (non-hydrogen) atoms. The van der Waals surface area contributed by atoms with Gasteiger partial charge in [0.2, 0.25) is 5.91 Å². The van der Waals surface area contributed by atoms with Gasteiger partial charge in [0.05, 0.1) is 6.54 Å². The zero-order valence-corrected chi connectivity index (χ0v) is 14.8. The summed E-state index contributed by atoms with van der Waals surface area (Å²) in [6.07, 6.45) is 5.29. The number of hydrogen-bond donors (Lipinski definition) is 1. The highest BCUT2D eigenvalue weighted by Gasteiger charge is 2.36. The first-order chi connectivity index (χ1) is 11.7. The first-order valence-electron chi connectivity index (χ1n) is 9.32. The summed E-state index contributed by atoms with van der Waals surface area (Å²) in [6, 6.07) is 10.7. The predicted molar refractivity (Wildman–Crippen MR) is 95.5 cm³/mol. The molecule has 2 aliphatic rings. The molecule has 1 saturated heterocycles. The molecule has 0 spiro atoms. The molecular weight excluding hydrogens is 300 g/mol. The first kappa shape index (κ1) is 17.4. The Morgan fingerprint density at radius 3 is 2.46 bits per heavy atom. The summed E-state index contributed by atoms with van der Waals surface area (Å²) in [5.41, 5.74) is 1.29. The van der Waals surface area contributed by atoms with E-state index < -0.39 is 0 Å². The largest absolute Gasteiger partial charge is 0.396 e. The minimum Gasteiger partial charge on any atom is -0.396 e. The van der Waals surface area contributed by atoms with E-state index in [4.69, 9.17) is 0 Å². The van der Waals surface area contributed by atoms with Crippen molar-refractivity contribution in [1.29, 1.82) is 0 Å². The maximum absolute atomic E-state index is 12.8. The number of piperidine rings is 1. The minimum atomic E-state index is 0.0831. The summed E-state index contributed by atoms with van der Waals surface area (Å²) in [4.78, 5) is 17.2. The maximum Gasteiger partial charge on any atom is 0.237 e. The molecular formula is C20H30N2O2. The number of hydrogen-bond acceptors (Lipinski definition) is 3. The molecule has 1 aliphatic carbocycles. The molecule has 1 saturated carbocycles. The van der Waals surface area contributed by atoms with Crippen LogP contribution >= 0.6 is 0 Å². The topological polar surface area (TPSA) is 43.8 Å². The first-order valence-corrected chi connectivity index (χ1v) is 9.32. The number of carbonyl (C=O) groups excluding carboxylic acids is 1. The van der Waals surface area contributed by atoms with E-state index in [1.165, 1.54) is 5.56 Å². The van der Waals surface area contributed by atoms with Crippen LogP contribution in [-0.2, 0) is 11.3 Å². The Balaban J connectivity index is 1.55. The van der Waals surface area contributed by atoms with Gasteiger partial charge in [-0.05, 0) is 56.2 Å². The normalized spacial score (nSPS) is 20.8. The van der Waals surface area contributed by atoms with Gasteiger partial charge in [0, 0.05) is 19.2 Å². The average molecular weight is 330 g/mol. The van der Waals surface area contributed by atoms with E-state index in [1.807, 2.05) is 18.2 Å². The third-order valence-corrected chi connectivity index (χ3v) is 5.86.